The van der Waals surface area contributed by atoms with E-state index in [1.165, 1.54) is 31.2 Å². The van der Waals surface area contributed by atoms with Gasteiger partial charge in [0, 0.05) is 0 Å². The van der Waals surface area contributed by atoms with Crippen LogP contribution in [0, 0.1) is 0 Å². The highest BCUT2D eigenvalue weighted by atomic mass is 16.4. The molecule has 0 aliphatic heterocycles. The van der Waals surface area contributed by atoms with Gasteiger partial charge in [-0.2, -0.15) is 0 Å². The average Bonchev–Trinajstić information content (AvgIpc) is 2.89. The van der Waals surface area contributed by atoms with Crippen LogP contribution in [0.2, 0.25) is 0 Å². The van der Waals surface area contributed by atoms with E-state index in [2.05, 4.69) is 0 Å². The van der Waals surface area contributed by atoms with E-state index >= 15 is 0 Å². The first-order chi connectivity index (χ1) is 9.08. The van der Waals surface area contributed by atoms with Crippen LogP contribution in [0.5, 0.6) is 0 Å². The zero-order chi connectivity index (χ0) is 13.8. The first kappa shape index (κ1) is 13.6. The molecule has 102 valence electrons. The Morgan fingerprint density at radius 2 is 1.68 bits per heavy atom. The number of rotatable bonds is 5. The fourth-order valence-electron chi connectivity index (χ4n) is 2.78. The number of aliphatic carboxylic acids is 2. The van der Waals surface area contributed by atoms with Crippen LogP contribution in [0.4, 0.5) is 0 Å². The Balaban J connectivity index is 2.15. The van der Waals surface area contributed by atoms with Gasteiger partial charge in [0.2, 0.25) is 0 Å². The summed E-state index contributed by atoms with van der Waals surface area (Å²) < 4.78 is 0. The summed E-state index contributed by atoms with van der Waals surface area (Å²) in [7, 11) is 0. The lowest BCUT2D eigenvalue weighted by atomic mass is 9.91. The van der Waals surface area contributed by atoms with E-state index in [0.717, 1.165) is 0 Å². The second-order valence-corrected chi connectivity index (χ2v) is 5.14. The van der Waals surface area contributed by atoms with E-state index in [-0.39, 0.29) is 6.42 Å². The molecule has 1 aliphatic rings. The zero-order valence-corrected chi connectivity index (χ0v) is 10.7. The second kappa shape index (κ2) is 5.87. The van der Waals surface area contributed by atoms with Gasteiger partial charge in [0.25, 0.3) is 0 Å². The Morgan fingerprint density at radius 3 is 2.16 bits per heavy atom. The molecule has 2 rings (SSSR count). The minimum absolute atomic E-state index is 0.377. The Labute approximate surface area is 112 Å². The normalized spacial score (nSPS) is 17.3. The molecule has 0 spiro atoms. The van der Waals surface area contributed by atoms with Gasteiger partial charge in [0.05, 0.1) is 12.3 Å². The van der Waals surface area contributed by atoms with E-state index in [1.54, 1.807) is 12.1 Å². The lowest BCUT2D eigenvalue weighted by molar-refractivity contribution is -0.145. The van der Waals surface area contributed by atoms with Crippen molar-refractivity contribution in [1.82, 2.24) is 0 Å². The van der Waals surface area contributed by atoms with E-state index in [0.29, 0.717) is 11.5 Å². The second-order valence-electron chi connectivity index (χ2n) is 5.14. The molecule has 0 aromatic heterocycles. The molecule has 4 heteroatoms. The van der Waals surface area contributed by atoms with Gasteiger partial charge in [-0.1, -0.05) is 37.1 Å². The highest BCUT2D eigenvalue weighted by molar-refractivity contribution is 5.82. The van der Waals surface area contributed by atoms with Gasteiger partial charge in [-0.3, -0.25) is 9.59 Å². The molecular weight excluding hydrogens is 244 g/mol. The van der Waals surface area contributed by atoms with Crippen LogP contribution in [0.3, 0.4) is 0 Å². The van der Waals surface area contributed by atoms with Gasteiger partial charge < -0.3 is 10.2 Å². The third-order valence-electron chi connectivity index (χ3n) is 3.84. The summed E-state index contributed by atoms with van der Waals surface area (Å²) in [6.45, 7) is 0. The number of carboxylic acid groups (broad SMARTS) is 2. The van der Waals surface area contributed by atoms with Crippen molar-refractivity contribution in [3.8, 4) is 0 Å². The van der Waals surface area contributed by atoms with Crippen LogP contribution in [0.1, 0.15) is 55.1 Å². The van der Waals surface area contributed by atoms with Crippen LogP contribution in [-0.2, 0) is 9.59 Å². The summed E-state index contributed by atoms with van der Waals surface area (Å²) in [6.07, 6.45) is 4.51. The summed E-state index contributed by atoms with van der Waals surface area (Å²) >= 11 is 0. The van der Waals surface area contributed by atoms with Gasteiger partial charge in [0.1, 0.15) is 0 Å². The topological polar surface area (TPSA) is 74.6 Å². The molecule has 0 saturated heterocycles. The Morgan fingerprint density at radius 1 is 1.11 bits per heavy atom. The Bertz CT molecular complexity index is 458. The highest BCUT2D eigenvalue weighted by Gasteiger charge is 2.23. The highest BCUT2D eigenvalue weighted by Crippen LogP contribution is 2.34. The molecule has 0 radical (unpaired) electrons. The molecule has 0 amide bonds. The van der Waals surface area contributed by atoms with Crippen molar-refractivity contribution in [3.63, 3.8) is 0 Å². The fraction of sp³-hybridized carbons (Fsp3) is 0.467. The molecule has 1 aromatic carbocycles. The van der Waals surface area contributed by atoms with Crippen molar-refractivity contribution < 1.29 is 19.8 Å². The SMILES string of the molecule is O=C(O)C[C@H](C(=O)O)c1ccc(C2CCCC2)cc1. The number of carboxylic acids is 2. The van der Waals surface area contributed by atoms with E-state index < -0.39 is 17.9 Å². The van der Waals surface area contributed by atoms with Gasteiger partial charge >= 0.3 is 11.9 Å². The lowest BCUT2D eigenvalue weighted by Crippen LogP contribution is -2.15. The van der Waals surface area contributed by atoms with Crippen LogP contribution < -0.4 is 0 Å². The largest absolute Gasteiger partial charge is 0.481 e. The maximum Gasteiger partial charge on any atom is 0.311 e. The molecule has 1 aliphatic carbocycles. The summed E-state index contributed by atoms with van der Waals surface area (Å²) in [5.74, 6) is -2.56. The maximum atomic E-state index is 11.1. The molecule has 2 N–H and O–H groups in total. The summed E-state index contributed by atoms with van der Waals surface area (Å²) in [5, 5.41) is 17.9. The van der Waals surface area contributed by atoms with Crippen LogP contribution in [0.25, 0.3) is 0 Å². The minimum atomic E-state index is -1.09. The summed E-state index contributed by atoms with van der Waals surface area (Å²) in [4.78, 5) is 21.8. The molecular formula is C15H18O4. The van der Waals surface area contributed by atoms with E-state index in [9.17, 15) is 9.59 Å². The number of carbonyl (C=O) groups is 2. The number of hydrogen-bond donors (Lipinski definition) is 2. The van der Waals surface area contributed by atoms with Crippen molar-refractivity contribution in [1.29, 1.82) is 0 Å². The third kappa shape index (κ3) is 3.34. The monoisotopic (exact) mass is 262 g/mol. The standard InChI is InChI=1S/C15H18O4/c16-14(17)9-13(15(18)19)12-7-5-11(6-8-12)10-3-1-2-4-10/h5-8,10,13H,1-4,9H2,(H,16,17)(H,18,19)/t13-/m0/s1. The molecule has 1 atom stereocenters. The predicted molar refractivity (Wildman–Crippen MR) is 70.3 cm³/mol. The van der Waals surface area contributed by atoms with Crippen molar-refractivity contribution in [2.45, 2.75) is 43.9 Å². The van der Waals surface area contributed by atoms with Crippen LogP contribution in [0.15, 0.2) is 24.3 Å². The van der Waals surface area contributed by atoms with Gasteiger partial charge in [0.15, 0.2) is 0 Å². The number of benzene rings is 1. The average molecular weight is 262 g/mol. The fourth-order valence-corrected chi connectivity index (χ4v) is 2.78. The van der Waals surface area contributed by atoms with Crippen LogP contribution in [-0.4, -0.2) is 22.2 Å². The first-order valence-corrected chi connectivity index (χ1v) is 6.62. The molecule has 1 saturated carbocycles. The van der Waals surface area contributed by atoms with Gasteiger partial charge in [-0.15, -0.1) is 0 Å². The quantitative estimate of drug-likeness (QED) is 0.855. The molecule has 0 unspecified atom stereocenters. The molecule has 0 heterocycles. The van der Waals surface area contributed by atoms with E-state index in [1.807, 2.05) is 12.1 Å². The first-order valence-electron chi connectivity index (χ1n) is 6.62. The molecule has 1 fully saturated rings. The minimum Gasteiger partial charge on any atom is -0.481 e. The van der Waals surface area contributed by atoms with Gasteiger partial charge in [-0.25, -0.2) is 0 Å². The zero-order valence-electron chi connectivity index (χ0n) is 10.7. The van der Waals surface area contributed by atoms with Crippen molar-refractivity contribution in [2.24, 2.45) is 0 Å². The molecule has 1 aromatic rings. The van der Waals surface area contributed by atoms with Crippen molar-refractivity contribution >= 4 is 11.9 Å². The summed E-state index contributed by atoms with van der Waals surface area (Å²) in [5.41, 5.74) is 1.80. The summed E-state index contributed by atoms with van der Waals surface area (Å²) in [6, 6.07) is 7.41. The molecule has 0 bridgehead atoms. The van der Waals surface area contributed by atoms with E-state index in [4.69, 9.17) is 10.2 Å². The van der Waals surface area contributed by atoms with Crippen molar-refractivity contribution in [2.75, 3.05) is 0 Å². The van der Waals surface area contributed by atoms with Crippen molar-refractivity contribution in [3.05, 3.63) is 35.4 Å². The number of hydrogen-bond acceptors (Lipinski definition) is 2. The lowest BCUT2D eigenvalue weighted by Gasteiger charge is -2.13. The maximum absolute atomic E-state index is 11.1. The molecule has 4 nitrogen and oxygen atoms in total. The molecule has 19 heavy (non-hydrogen) atoms. The Kier molecular flexibility index (Phi) is 4.20. The third-order valence-corrected chi connectivity index (χ3v) is 3.84. The smallest absolute Gasteiger partial charge is 0.311 e. The Hall–Kier alpha value is -1.84. The van der Waals surface area contributed by atoms with Gasteiger partial charge in [-0.05, 0) is 29.9 Å². The van der Waals surface area contributed by atoms with Crippen LogP contribution >= 0.6 is 0 Å². The predicted octanol–water partition coefficient (Wildman–Crippen LogP) is 2.99.